The SMILES string of the molecule is CCNc1ccccc1CCC1c2ccc(N)nc2C#CCc2cc(O)c3c(c2C2Oc4c(ccc5c4C4(CCC1C4)Cc1cc(O)cc(OC)c1-5)C2COC(C)=O)C=CC(NC1CCCC1)CO3. The quantitative estimate of drug-likeness (QED) is 0.0671. The molecule has 4 bridgehead atoms. The predicted molar refractivity (Wildman–Crippen MR) is 268 cm³/mol. The second-order valence-electron chi connectivity index (χ2n) is 20.1. The molecule has 1 spiro atoms. The smallest absolute Gasteiger partial charge is 0.302 e. The highest BCUT2D eigenvalue weighted by molar-refractivity contribution is 5.84. The molecule has 6 aliphatic rings. The number of ether oxygens (including phenoxy) is 4. The van der Waals surface area contributed by atoms with E-state index in [4.69, 9.17) is 29.7 Å². The van der Waals surface area contributed by atoms with Crippen molar-refractivity contribution in [2.75, 3.05) is 37.9 Å². The van der Waals surface area contributed by atoms with Gasteiger partial charge in [-0.15, -0.1) is 0 Å². The van der Waals surface area contributed by atoms with Gasteiger partial charge in [0.05, 0.1) is 19.1 Å². The molecule has 4 heterocycles. The normalized spacial score (nSPS) is 23.8. The summed E-state index contributed by atoms with van der Waals surface area (Å²) >= 11 is 0. The Balaban J connectivity index is 1.14. The number of nitrogens with zero attached hydrogens (tertiary/aromatic N) is 1. The molecule has 0 saturated heterocycles. The maximum absolute atomic E-state index is 12.8. The van der Waals surface area contributed by atoms with Crippen molar-refractivity contribution in [1.82, 2.24) is 10.3 Å². The largest absolute Gasteiger partial charge is 0.508 e. The molecular weight excluding hydrogens is 865 g/mol. The summed E-state index contributed by atoms with van der Waals surface area (Å²) in [6, 6.07) is 22.7. The summed E-state index contributed by atoms with van der Waals surface area (Å²) < 4.78 is 26.2. The van der Waals surface area contributed by atoms with Gasteiger partial charge in [0, 0.05) is 70.9 Å². The molecule has 0 amide bonds. The molecule has 6 N–H and O–H groups in total. The van der Waals surface area contributed by atoms with Crippen LogP contribution >= 0.6 is 0 Å². The molecule has 69 heavy (non-hydrogen) atoms. The first-order valence-electron chi connectivity index (χ1n) is 25.0. The minimum absolute atomic E-state index is 0.0305. The number of hydrogen-bond acceptors (Lipinski definition) is 11. The minimum Gasteiger partial charge on any atom is -0.508 e. The number of phenolic OH excluding ortho intramolecular Hbond substituents is 2. The maximum Gasteiger partial charge on any atom is 0.302 e. The van der Waals surface area contributed by atoms with Gasteiger partial charge in [-0.05, 0) is 128 Å². The molecule has 11 heteroatoms. The maximum atomic E-state index is 12.8. The Morgan fingerprint density at radius 1 is 1.00 bits per heavy atom. The molecule has 11 rings (SSSR count). The minimum atomic E-state index is -0.641. The van der Waals surface area contributed by atoms with Gasteiger partial charge in [0.2, 0.25) is 0 Å². The van der Waals surface area contributed by atoms with Gasteiger partial charge in [0.25, 0.3) is 0 Å². The lowest BCUT2D eigenvalue weighted by Gasteiger charge is -2.39. The molecule has 11 nitrogen and oxygen atoms in total. The van der Waals surface area contributed by atoms with Crippen molar-refractivity contribution in [3.8, 4) is 51.7 Å². The molecule has 356 valence electrons. The van der Waals surface area contributed by atoms with E-state index < -0.39 is 17.4 Å². The molecule has 6 unspecified atom stereocenters. The number of nitrogens with one attached hydrogen (secondary N) is 2. The third-order valence-electron chi connectivity index (χ3n) is 16.0. The first-order chi connectivity index (χ1) is 33.6. The van der Waals surface area contributed by atoms with E-state index in [0.29, 0.717) is 42.1 Å². The number of esters is 1. The average molecular weight is 927 g/mol. The summed E-state index contributed by atoms with van der Waals surface area (Å²) in [4.78, 5) is 17.7. The lowest BCUT2D eigenvalue weighted by molar-refractivity contribution is -0.141. The fourth-order valence-electron chi connectivity index (χ4n) is 13.0. The van der Waals surface area contributed by atoms with Crippen molar-refractivity contribution in [2.45, 2.75) is 120 Å². The number of aromatic hydroxyl groups is 2. The van der Waals surface area contributed by atoms with Gasteiger partial charge in [0.1, 0.15) is 48.1 Å². The number of fused-ring (bicyclic) bond motifs is 9. The molecule has 3 aliphatic carbocycles. The Labute approximate surface area is 404 Å². The fraction of sp³-hybridized carbons (Fsp3) is 0.414. The number of phenols is 2. The number of hydrogen-bond donors (Lipinski definition) is 5. The predicted octanol–water partition coefficient (Wildman–Crippen LogP) is 10.2. The monoisotopic (exact) mass is 926 g/mol. The summed E-state index contributed by atoms with van der Waals surface area (Å²) in [7, 11) is 1.65. The van der Waals surface area contributed by atoms with Crippen LogP contribution in [0, 0.1) is 17.8 Å². The van der Waals surface area contributed by atoms with E-state index in [0.717, 1.165) is 113 Å². The number of carbonyl (C=O) groups is 1. The number of pyridine rings is 1. The fourth-order valence-corrected chi connectivity index (χ4v) is 13.0. The zero-order valence-electron chi connectivity index (χ0n) is 39.8. The van der Waals surface area contributed by atoms with Crippen molar-refractivity contribution < 1.29 is 34.0 Å². The third-order valence-corrected chi connectivity index (χ3v) is 16.0. The Hall–Kier alpha value is -6.64. The van der Waals surface area contributed by atoms with Crippen LogP contribution in [0.5, 0.6) is 28.7 Å². The topological polar surface area (TPSA) is 157 Å². The van der Waals surface area contributed by atoms with Crippen LogP contribution in [0.3, 0.4) is 0 Å². The van der Waals surface area contributed by atoms with E-state index in [1.807, 2.05) is 12.1 Å². The number of nitrogen functional groups attached to an aromatic ring is 1. The standard InChI is InChI=1S/C58H62N4O7/c1-4-60-47-14-8-5-10-34(47)16-18-41-36-24-25-58(29-36)30-37-26-40(64)28-50(66-3)52(37)44-21-20-43-46(32-67-33(2)63)56(69-57(43)54(44)58)53-35(11-9-15-48-42(41)22-23-51(59)62-48)27-49(65)55-45(53)19-17-39(31-68-55)61-38-12-6-7-13-38/h5,8,10,14,17,19-23,26-28,36,38-39,41,46,56,60-61,64-65H,4,6-7,11-13,16,18,24-25,29-32H2,1-3H3,(H2,59,62). The molecule has 2 saturated carbocycles. The number of carbonyl (C=O) groups excluding carboxylic acids is 1. The first-order valence-corrected chi connectivity index (χ1v) is 25.0. The number of benzene rings is 4. The highest BCUT2D eigenvalue weighted by Gasteiger charge is 2.52. The molecule has 0 radical (unpaired) electrons. The number of nitrogens with two attached hydrogens (primary N) is 1. The van der Waals surface area contributed by atoms with Crippen molar-refractivity contribution in [1.29, 1.82) is 0 Å². The first kappa shape index (κ1) is 44.8. The van der Waals surface area contributed by atoms with Gasteiger partial charge in [-0.2, -0.15) is 0 Å². The molecule has 4 aromatic carbocycles. The summed E-state index contributed by atoms with van der Waals surface area (Å²) in [5.74, 6) is 8.97. The lowest BCUT2D eigenvalue weighted by Crippen LogP contribution is -2.38. The van der Waals surface area contributed by atoms with Crippen molar-refractivity contribution in [3.63, 3.8) is 0 Å². The van der Waals surface area contributed by atoms with Crippen molar-refractivity contribution in [2.24, 2.45) is 5.92 Å². The van der Waals surface area contributed by atoms with Gasteiger partial charge in [-0.1, -0.05) is 67.3 Å². The summed E-state index contributed by atoms with van der Waals surface area (Å²) in [5, 5.41) is 30.5. The summed E-state index contributed by atoms with van der Waals surface area (Å²) in [6.07, 6.45) is 13.6. The van der Waals surface area contributed by atoms with E-state index in [9.17, 15) is 15.0 Å². The molecule has 6 atom stereocenters. The zero-order valence-corrected chi connectivity index (χ0v) is 39.8. The number of methoxy groups -OCH3 is 1. The van der Waals surface area contributed by atoms with E-state index in [1.54, 1.807) is 19.2 Å². The number of aromatic nitrogens is 1. The van der Waals surface area contributed by atoms with Crippen molar-refractivity contribution >= 4 is 23.6 Å². The van der Waals surface area contributed by atoms with Crippen LogP contribution in [0.2, 0.25) is 0 Å². The average Bonchev–Trinajstić information content (AvgIpc) is 4.06. The van der Waals surface area contributed by atoms with Crippen LogP contribution < -0.4 is 30.6 Å². The Morgan fingerprint density at radius 3 is 2.67 bits per heavy atom. The van der Waals surface area contributed by atoms with Crippen LogP contribution in [-0.4, -0.2) is 60.1 Å². The summed E-state index contributed by atoms with van der Waals surface area (Å²) in [5.41, 5.74) is 17.7. The van der Waals surface area contributed by atoms with Gasteiger partial charge in [0.15, 0.2) is 11.5 Å². The van der Waals surface area contributed by atoms with Crippen LogP contribution in [-0.2, 0) is 34.2 Å². The third kappa shape index (κ3) is 8.20. The number of para-hydroxylation sites is 1. The second-order valence-corrected chi connectivity index (χ2v) is 20.1. The van der Waals surface area contributed by atoms with Crippen LogP contribution in [0.1, 0.15) is 133 Å². The van der Waals surface area contributed by atoms with Crippen LogP contribution in [0.4, 0.5) is 11.5 Å². The van der Waals surface area contributed by atoms with Gasteiger partial charge < -0.3 is 45.5 Å². The second kappa shape index (κ2) is 18.4. The highest BCUT2D eigenvalue weighted by atomic mass is 16.5. The molecule has 5 aromatic rings. The summed E-state index contributed by atoms with van der Waals surface area (Å²) in [6.45, 7) is 4.84. The Kier molecular flexibility index (Phi) is 11.9. The molecular formula is C58H62N4O7. The zero-order chi connectivity index (χ0) is 47.4. The van der Waals surface area contributed by atoms with Gasteiger partial charge >= 0.3 is 5.97 Å². The number of rotatable bonds is 10. The van der Waals surface area contributed by atoms with Crippen molar-refractivity contribution in [3.05, 3.63) is 123 Å². The number of aryl methyl sites for hydroxylation is 1. The van der Waals surface area contributed by atoms with E-state index in [-0.39, 0.29) is 48.4 Å². The van der Waals surface area contributed by atoms with Crippen LogP contribution in [0.15, 0.2) is 72.8 Å². The Morgan fingerprint density at radius 2 is 1.84 bits per heavy atom. The van der Waals surface area contributed by atoms with E-state index >= 15 is 0 Å². The van der Waals surface area contributed by atoms with E-state index in [1.165, 1.54) is 25.3 Å². The number of anilines is 2. The molecule has 1 aromatic heterocycles. The van der Waals surface area contributed by atoms with Gasteiger partial charge in [-0.25, -0.2) is 4.98 Å². The van der Waals surface area contributed by atoms with Crippen LogP contribution in [0.25, 0.3) is 17.2 Å². The molecule has 2 fully saturated rings. The molecule has 3 aliphatic heterocycles. The Bertz CT molecular complexity index is 2930. The lowest BCUT2D eigenvalue weighted by atomic mass is 9.64. The highest BCUT2D eigenvalue weighted by Crippen LogP contribution is 2.64. The van der Waals surface area contributed by atoms with Gasteiger partial charge in [-0.3, -0.25) is 4.79 Å². The van der Waals surface area contributed by atoms with E-state index in [2.05, 4.69) is 84.0 Å².